The second-order valence-electron chi connectivity index (χ2n) is 8.42. The molecule has 1 aliphatic heterocycles. The fourth-order valence-corrected chi connectivity index (χ4v) is 3.81. The molecule has 0 radical (unpaired) electrons. The van der Waals surface area contributed by atoms with Crippen LogP contribution in [-0.2, 0) is 4.79 Å². The number of amides is 1. The Kier molecular flexibility index (Phi) is 6.52. The summed E-state index contributed by atoms with van der Waals surface area (Å²) in [6, 6.07) is 2.33. The van der Waals surface area contributed by atoms with E-state index in [9.17, 15) is 4.79 Å². The molecule has 1 aliphatic carbocycles. The van der Waals surface area contributed by atoms with Crippen molar-refractivity contribution in [2.24, 2.45) is 11.8 Å². The van der Waals surface area contributed by atoms with Crippen LogP contribution in [0, 0.1) is 11.8 Å². The third-order valence-electron chi connectivity index (χ3n) is 5.55. The zero-order valence-electron chi connectivity index (χ0n) is 16.6. The maximum absolute atomic E-state index is 12.0. The normalized spacial score (nSPS) is 20.0. The molecule has 0 spiro atoms. The standard InChI is InChI=1S/C21H34N4O/c1-16(2)5-4-6-17(3)15-24-13-10-19(11-14-24)25-20(9-12-22-25)23-21(26)18-7-8-18/h5,9,12,17-19H,4,6-8,10-11,13-15H2,1-3H3,(H,23,26). The average Bonchev–Trinajstić information content (AvgIpc) is 3.36. The summed E-state index contributed by atoms with van der Waals surface area (Å²) in [6.07, 6.45) is 10.9. The summed E-state index contributed by atoms with van der Waals surface area (Å²) in [5, 5.41) is 7.56. The molecule has 26 heavy (non-hydrogen) atoms. The Balaban J connectivity index is 1.44. The van der Waals surface area contributed by atoms with Gasteiger partial charge in [-0.1, -0.05) is 18.6 Å². The number of rotatable bonds is 8. The smallest absolute Gasteiger partial charge is 0.228 e. The average molecular weight is 359 g/mol. The molecule has 1 atom stereocenters. The van der Waals surface area contributed by atoms with Crippen molar-refractivity contribution in [2.45, 2.75) is 65.3 Å². The highest BCUT2D eigenvalue weighted by molar-refractivity contribution is 5.93. The number of aromatic nitrogens is 2. The first-order valence-corrected chi connectivity index (χ1v) is 10.2. The molecule has 1 aromatic rings. The zero-order valence-corrected chi connectivity index (χ0v) is 16.6. The van der Waals surface area contributed by atoms with Gasteiger partial charge in [-0.3, -0.25) is 4.79 Å². The Morgan fingerprint density at radius 3 is 2.69 bits per heavy atom. The number of likely N-dealkylation sites (tertiary alicyclic amines) is 1. The molecule has 0 aromatic carbocycles. The first-order valence-electron chi connectivity index (χ1n) is 10.2. The predicted octanol–water partition coefficient (Wildman–Crippen LogP) is 4.25. The molecule has 1 aromatic heterocycles. The largest absolute Gasteiger partial charge is 0.311 e. The van der Waals surface area contributed by atoms with Gasteiger partial charge in [0, 0.05) is 31.6 Å². The van der Waals surface area contributed by atoms with Crippen LogP contribution in [0.5, 0.6) is 0 Å². The number of carbonyl (C=O) groups excluding carboxylic acids is 1. The number of allylic oxidation sites excluding steroid dienone is 2. The van der Waals surface area contributed by atoms with E-state index in [1.54, 1.807) is 6.20 Å². The predicted molar refractivity (Wildman–Crippen MR) is 106 cm³/mol. The Morgan fingerprint density at radius 2 is 2.04 bits per heavy atom. The monoisotopic (exact) mass is 358 g/mol. The molecule has 1 amide bonds. The van der Waals surface area contributed by atoms with Gasteiger partial charge in [0.1, 0.15) is 5.82 Å². The van der Waals surface area contributed by atoms with Crippen LogP contribution in [0.3, 0.4) is 0 Å². The van der Waals surface area contributed by atoms with E-state index in [-0.39, 0.29) is 11.8 Å². The molecule has 2 heterocycles. The maximum Gasteiger partial charge on any atom is 0.228 e. The fraction of sp³-hybridized carbons (Fsp3) is 0.714. The molecule has 1 N–H and O–H groups in total. The molecular weight excluding hydrogens is 324 g/mol. The van der Waals surface area contributed by atoms with Gasteiger partial charge in [0.05, 0.1) is 12.2 Å². The number of nitrogens with one attached hydrogen (secondary N) is 1. The molecule has 1 saturated carbocycles. The van der Waals surface area contributed by atoms with E-state index in [2.05, 4.69) is 42.2 Å². The van der Waals surface area contributed by atoms with E-state index in [1.807, 2.05) is 10.7 Å². The second kappa shape index (κ2) is 8.85. The Morgan fingerprint density at radius 1 is 1.31 bits per heavy atom. The van der Waals surface area contributed by atoms with Crippen LogP contribution in [0.2, 0.25) is 0 Å². The van der Waals surface area contributed by atoms with Crippen molar-refractivity contribution in [2.75, 3.05) is 25.0 Å². The van der Waals surface area contributed by atoms with Crippen LogP contribution < -0.4 is 5.32 Å². The van der Waals surface area contributed by atoms with Crippen LogP contribution >= 0.6 is 0 Å². The summed E-state index contributed by atoms with van der Waals surface area (Å²) in [5.41, 5.74) is 1.42. The lowest BCUT2D eigenvalue weighted by Gasteiger charge is -2.34. The van der Waals surface area contributed by atoms with Crippen molar-refractivity contribution in [3.8, 4) is 0 Å². The van der Waals surface area contributed by atoms with Gasteiger partial charge in [-0.15, -0.1) is 0 Å². The highest BCUT2D eigenvalue weighted by Gasteiger charge is 2.31. The molecule has 1 saturated heterocycles. The summed E-state index contributed by atoms with van der Waals surface area (Å²) in [4.78, 5) is 14.6. The highest BCUT2D eigenvalue weighted by Crippen LogP contribution is 2.31. The highest BCUT2D eigenvalue weighted by atomic mass is 16.2. The lowest BCUT2D eigenvalue weighted by atomic mass is 10.0. The van der Waals surface area contributed by atoms with Gasteiger partial charge in [0.15, 0.2) is 0 Å². The molecule has 2 fully saturated rings. The van der Waals surface area contributed by atoms with E-state index >= 15 is 0 Å². The summed E-state index contributed by atoms with van der Waals surface area (Å²) >= 11 is 0. The lowest BCUT2D eigenvalue weighted by Crippen LogP contribution is -2.37. The van der Waals surface area contributed by atoms with Gasteiger partial charge in [0.25, 0.3) is 0 Å². The van der Waals surface area contributed by atoms with Crippen molar-refractivity contribution < 1.29 is 4.79 Å². The minimum atomic E-state index is 0.161. The molecule has 2 aliphatic rings. The van der Waals surface area contributed by atoms with E-state index in [0.29, 0.717) is 6.04 Å². The van der Waals surface area contributed by atoms with Gasteiger partial charge >= 0.3 is 0 Å². The van der Waals surface area contributed by atoms with Crippen LogP contribution in [0.15, 0.2) is 23.9 Å². The summed E-state index contributed by atoms with van der Waals surface area (Å²) < 4.78 is 2.04. The van der Waals surface area contributed by atoms with Gasteiger partial charge < -0.3 is 10.2 Å². The Hall–Kier alpha value is -1.62. The van der Waals surface area contributed by atoms with E-state index in [4.69, 9.17) is 0 Å². The number of piperidine rings is 1. The summed E-state index contributed by atoms with van der Waals surface area (Å²) in [5.74, 6) is 2.00. The second-order valence-corrected chi connectivity index (χ2v) is 8.42. The maximum atomic E-state index is 12.0. The molecule has 0 bridgehead atoms. The van der Waals surface area contributed by atoms with Crippen molar-refractivity contribution >= 4 is 11.7 Å². The third-order valence-corrected chi connectivity index (χ3v) is 5.55. The SMILES string of the molecule is CC(C)=CCCC(C)CN1CCC(n2nccc2NC(=O)C2CC2)CC1. The minimum Gasteiger partial charge on any atom is -0.311 e. The fourth-order valence-electron chi connectivity index (χ4n) is 3.81. The number of nitrogens with zero attached hydrogens (tertiary/aromatic N) is 3. The zero-order chi connectivity index (χ0) is 18.5. The van der Waals surface area contributed by atoms with Crippen LogP contribution in [-0.4, -0.2) is 40.2 Å². The summed E-state index contributed by atoms with van der Waals surface area (Å²) in [7, 11) is 0. The number of anilines is 1. The van der Waals surface area contributed by atoms with Crippen molar-refractivity contribution in [1.82, 2.24) is 14.7 Å². The first-order chi connectivity index (χ1) is 12.5. The third kappa shape index (κ3) is 5.44. The molecular formula is C21H34N4O. The topological polar surface area (TPSA) is 50.2 Å². The Labute approximate surface area is 157 Å². The first kappa shape index (κ1) is 19.2. The van der Waals surface area contributed by atoms with Crippen LogP contribution in [0.25, 0.3) is 0 Å². The van der Waals surface area contributed by atoms with Gasteiger partial charge in [-0.05, 0) is 58.3 Å². The number of carbonyl (C=O) groups is 1. The van der Waals surface area contributed by atoms with Crippen LogP contribution in [0.4, 0.5) is 5.82 Å². The van der Waals surface area contributed by atoms with E-state index in [1.165, 1.54) is 25.0 Å². The Bertz CT molecular complexity index is 620. The molecule has 3 rings (SSSR count). The van der Waals surface area contributed by atoms with Crippen molar-refractivity contribution in [1.29, 1.82) is 0 Å². The molecule has 144 valence electrons. The number of hydrogen-bond acceptors (Lipinski definition) is 3. The lowest BCUT2D eigenvalue weighted by molar-refractivity contribution is -0.117. The van der Waals surface area contributed by atoms with E-state index < -0.39 is 0 Å². The van der Waals surface area contributed by atoms with Crippen molar-refractivity contribution in [3.63, 3.8) is 0 Å². The minimum absolute atomic E-state index is 0.161. The van der Waals surface area contributed by atoms with Gasteiger partial charge in [-0.2, -0.15) is 5.10 Å². The number of hydrogen-bond donors (Lipinski definition) is 1. The quantitative estimate of drug-likeness (QED) is 0.707. The molecule has 1 unspecified atom stereocenters. The molecule has 5 heteroatoms. The van der Waals surface area contributed by atoms with E-state index in [0.717, 1.165) is 50.5 Å². The molecule has 5 nitrogen and oxygen atoms in total. The van der Waals surface area contributed by atoms with Gasteiger partial charge in [0.2, 0.25) is 5.91 Å². The summed E-state index contributed by atoms with van der Waals surface area (Å²) in [6.45, 7) is 10.1. The van der Waals surface area contributed by atoms with Gasteiger partial charge in [-0.25, -0.2) is 4.68 Å². The van der Waals surface area contributed by atoms with Crippen molar-refractivity contribution in [3.05, 3.63) is 23.9 Å². The van der Waals surface area contributed by atoms with Crippen LogP contribution in [0.1, 0.15) is 65.3 Å².